The standard InChI is InChI=1S/C11H12FNO3/c1-8(2)16-13(11(14)15)7-9-3-5-10(12)6-4-9/h3-6H,1,7H2,2H3,(H,14,15). The fourth-order valence-corrected chi connectivity index (χ4v) is 1.08. The molecule has 0 aliphatic rings. The molecular formula is C11H12FNO3. The third-order valence-corrected chi connectivity index (χ3v) is 1.72. The smallest absolute Gasteiger partial charge is 0.441 e. The van der Waals surface area contributed by atoms with Gasteiger partial charge in [0.1, 0.15) is 11.6 Å². The molecule has 16 heavy (non-hydrogen) atoms. The van der Waals surface area contributed by atoms with Gasteiger partial charge in [-0.1, -0.05) is 18.7 Å². The van der Waals surface area contributed by atoms with Crippen molar-refractivity contribution < 1.29 is 19.1 Å². The number of allylic oxidation sites excluding steroid dienone is 1. The van der Waals surface area contributed by atoms with Crippen LogP contribution in [0.1, 0.15) is 12.5 Å². The normalized spacial score (nSPS) is 9.62. The van der Waals surface area contributed by atoms with Crippen molar-refractivity contribution in [3.63, 3.8) is 0 Å². The molecule has 1 aromatic rings. The van der Waals surface area contributed by atoms with Crippen LogP contribution in [-0.2, 0) is 11.4 Å². The first-order valence-corrected chi connectivity index (χ1v) is 4.57. The monoisotopic (exact) mass is 225 g/mol. The Morgan fingerprint density at radius 1 is 1.50 bits per heavy atom. The quantitative estimate of drug-likeness (QED) is 0.633. The Balaban J connectivity index is 2.71. The van der Waals surface area contributed by atoms with E-state index in [9.17, 15) is 9.18 Å². The van der Waals surface area contributed by atoms with Crippen molar-refractivity contribution in [2.24, 2.45) is 0 Å². The molecule has 4 nitrogen and oxygen atoms in total. The average molecular weight is 225 g/mol. The lowest BCUT2D eigenvalue weighted by Gasteiger charge is -2.18. The summed E-state index contributed by atoms with van der Waals surface area (Å²) in [5, 5.41) is 9.56. The van der Waals surface area contributed by atoms with E-state index in [0.29, 0.717) is 5.56 Å². The van der Waals surface area contributed by atoms with E-state index in [0.717, 1.165) is 5.06 Å². The van der Waals surface area contributed by atoms with Crippen molar-refractivity contribution in [3.05, 3.63) is 48.0 Å². The molecule has 0 spiro atoms. The van der Waals surface area contributed by atoms with E-state index in [1.165, 1.54) is 24.3 Å². The maximum absolute atomic E-state index is 12.6. The lowest BCUT2D eigenvalue weighted by molar-refractivity contribution is -0.0975. The molecule has 0 aliphatic carbocycles. The van der Waals surface area contributed by atoms with Crippen LogP contribution in [0.15, 0.2) is 36.6 Å². The number of carbonyl (C=O) groups is 1. The minimum absolute atomic E-state index is 0.0163. The van der Waals surface area contributed by atoms with E-state index >= 15 is 0 Å². The van der Waals surface area contributed by atoms with Gasteiger partial charge in [0, 0.05) is 0 Å². The number of halogens is 1. The summed E-state index contributed by atoms with van der Waals surface area (Å²) in [7, 11) is 0. The number of carboxylic acid groups (broad SMARTS) is 1. The molecule has 1 N–H and O–H groups in total. The van der Waals surface area contributed by atoms with Crippen LogP contribution in [0.2, 0.25) is 0 Å². The number of amides is 1. The van der Waals surface area contributed by atoms with Crippen LogP contribution in [0, 0.1) is 5.82 Å². The summed E-state index contributed by atoms with van der Waals surface area (Å²) in [5.41, 5.74) is 0.630. The molecule has 0 saturated carbocycles. The number of hydrogen-bond donors (Lipinski definition) is 1. The maximum atomic E-state index is 12.6. The van der Waals surface area contributed by atoms with Gasteiger partial charge in [-0.15, -0.1) is 5.06 Å². The minimum Gasteiger partial charge on any atom is -0.463 e. The van der Waals surface area contributed by atoms with Crippen LogP contribution in [0.5, 0.6) is 0 Å². The fourth-order valence-electron chi connectivity index (χ4n) is 1.08. The molecule has 0 fully saturated rings. The first-order valence-electron chi connectivity index (χ1n) is 4.57. The first kappa shape index (κ1) is 12.0. The Morgan fingerprint density at radius 2 is 2.06 bits per heavy atom. The van der Waals surface area contributed by atoms with E-state index in [-0.39, 0.29) is 18.1 Å². The minimum atomic E-state index is -1.23. The second kappa shape index (κ2) is 5.16. The Kier molecular flexibility index (Phi) is 3.88. The highest BCUT2D eigenvalue weighted by atomic mass is 19.1. The van der Waals surface area contributed by atoms with Crippen LogP contribution in [0.4, 0.5) is 9.18 Å². The largest absolute Gasteiger partial charge is 0.463 e. The summed E-state index contributed by atoms with van der Waals surface area (Å²) < 4.78 is 12.6. The first-order chi connectivity index (χ1) is 7.49. The van der Waals surface area contributed by atoms with Crippen LogP contribution >= 0.6 is 0 Å². The zero-order valence-electron chi connectivity index (χ0n) is 8.81. The number of rotatable bonds is 4. The van der Waals surface area contributed by atoms with Crippen molar-refractivity contribution in [2.75, 3.05) is 0 Å². The second-order valence-corrected chi connectivity index (χ2v) is 3.24. The Morgan fingerprint density at radius 3 is 2.50 bits per heavy atom. The summed E-state index contributed by atoms with van der Waals surface area (Å²) in [4.78, 5) is 15.7. The molecule has 0 heterocycles. The van der Waals surface area contributed by atoms with E-state index in [1.54, 1.807) is 6.92 Å². The maximum Gasteiger partial charge on any atom is 0.441 e. The van der Waals surface area contributed by atoms with Crippen molar-refractivity contribution in [2.45, 2.75) is 13.5 Å². The molecule has 0 aliphatic heterocycles. The van der Waals surface area contributed by atoms with Gasteiger partial charge in [0.05, 0.1) is 6.54 Å². The van der Waals surface area contributed by atoms with Gasteiger partial charge in [0.15, 0.2) is 0 Å². The molecule has 5 heteroatoms. The fraction of sp³-hybridized carbons (Fsp3) is 0.182. The molecule has 86 valence electrons. The van der Waals surface area contributed by atoms with E-state index in [2.05, 4.69) is 6.58 Å². The van der Waals surface area contributed by atoms with Gasteiger partial charge in [-0.25, -0.2) is 9.18 Å². The third-order valence-electron chi connectivity index (χ3n) is 1.72. The Bertz CT molecular complexity index is 389. The van der Waals surface area contributed by atoms with E-state index < -0.39 is 6.09 Å². The molecule has 0 aromatic heterocycles. The molecule has 0 saturated heterocycles. The SMILES string of the molecule is C=C(C)ON(Cc1ccc(F)cc1)C(=O)O. The molecule has 1 amide bonds. The molecular weight excluding hydrogens is 213 g/mol. The number of benzene rings is 1. The van der Waals surface area contributed by atoms with Crippen molar-refractivity contribution >= 4 is 6.09 Å². The van der Waals surface area contributed by atoms with E-state index in [1.807, 2.05) is 0 Å². The third kappa shape index (κ3) is 3.61. The summed E-state index contributed by atoms with van der Waals surface area (Å²) >= 11 is 0. The van der Waals surface area contributed by atoms with E-state index in [4.69, 9.17) is 9.94 Å². The summed E-state index contributed by atoms with van der Waals surface area (Å²) in [5.74, 6) is -0.101. The zero-order valence-corrected chi connectivity index (χ0v) is 8.81. The van der Waals surface area contributed by atoms with Crippen LogP contribution < -0.4 is 0 Å². The summed E-state index contributed by atoms with van der Waals surface area (Å²) in [6.07, 6.45) is -1.23. The van der Waals surface area contributed by atoms with Crippen LogP contribution in [0.25, 0.3) is 0 Å². The number of nitrogens with zero attached hydrogens (tertiary/aromatic N) is 1. The summed E-state index contributed by atoms with van der Waals surface area (Å²) in [6, 6.07) is 5.51. The van der Waals surface area contributed by atoms with Crippen LogP contribution in [-0.4, -0.2) is 16.3 Å². The molecule has 1 rings (SSSR count). The highest BCUT2D eigenvalue weighted by Crippen LogP contribution is 2.09. The lowest BCUT2D eigenvalue weighted by atomic mass is 10.2. The predicted molar refractivity (Wildman–Crippen MR) is 55.9 cm³/mol. The zero-order chi connectivity index (χ0) is 12.1. The average Bonchev–Trinajstić information content (AvgIpc) is 2.19. The Labute approximate surface area is 92.5 Å². The number of hydroxylamine groups is 2. The molecule has 0 atom stereocenters. The Hall–Kier alpha value is -2.04. The van der Waals surface area contributed by atoms with Gasteiger partial charge in [-0.3, -0.25) is 0 Å². The van der Waals surface area contributed by atoms with Gasteiger partial charge in [-0.2, -0.15) is 0 Å². The summed E-state index contributed by atoms with van der Waals surface area (Å²) in [6.45, 7) is 5.00. The molecule has 1 aromatic carbocycles. The number of hydrogen-bond acceptors (Lipinski definition) is 2. The second-order valence-electron chi connectivity index (χ2n) is 3.24. The molecule has 0 unspecified atom stereocenters. The van der Waals surface area contributed by atoms with Gasteiger partial charge in [0.2, 0.25) is 0 Å². The predicted octanol–water partition coefficient (Wildman–Crippen LogP) is 2.77. The van der Waals surface area contributed by atoms with Crippen LogP contribution in [0.3, 0.4) is 0 Å². The van der Waals surface area contributed by atoms with Crippen molar-refractivity contribution in [1.82, 2.24) is 5.06 Å². The highest BCUT2D eigenvalue weighted by molar-refractivity contribution is 5.63. The molecule has 0 radical (unpaired) electrons. The topological polar surface area (TPSA) is 49.8 Å². The van der Waals surface area contributed by atoms with Crippen molar-refractivity contribution in [1.29, 1.82) is 0 Å². The van der Waals surface area contributed by atoms with Crippen molar-refractivity contribution in [3.8, 4) is 0 Å². The highest BCUT2D eigenvalue weighted by Gasteiger charge is 2.13. The van der Waals surface area contributed by atoms with Gasteiger partial charge in [0.25, 0.3) is 0 Å². The molecule has 0 bridgehead atoms. The van der Waals surface area contributed by atoms with Gasteiger partial charge in [-0.05, 0) is 24.6 Å². The lowest BCUT2D eigenvalue weighted by Crippen LogP contribution is -2.28. The van der Waals surface area contributed by atoms with Gasteiger partial charge >= 0.3 is 6.09 Å². The van der Waals surface area contributed by atoms with Gasteiger partial charge < -0.3 is 9.94 Å².